The minimum Gasteiger partial charge on any atom is -0.497 e. The largest absolute Gasteiger partial charge is 0.497 e. The molecule has 1 aromatic heterocycles. The number of hydrogen-bond acceptors (Lipinski definition) is 7. The van der Waals surface area contributed by atoms with Gasteiger partial charge in [-0.2, -0.15) is 0 Å². The molecule has 9 heteroatoms. The van der Waals surface area contributed by atoms with Gasteiger partial charge < -0.3 is 14.4 Å². The zero-order valence-electron chi connectivity index (χ0n) is 21.8. The Labute approximate surface area is 224 Å². The van der Waals surface area contributed by atoms with E-state index in [1.807, 2.05) is 36.4 Å². The van der Waals surface area contributed by atoms with E-state index in [-0.39, 0.29) is 18.1 Å². The third-order valence-corrected chi connectivity index (χ3v) is 7.86. The van der Waals surface area contributed by atoms with Crippen molar-refractivity contribution in [3.63, 3.8) is 0 Å². The highest BCUT2D eigenvalue weighted by atomic mass is 32.1. The maximum atomic E-state index is 14.1. The monoisotopic (exact) mass is 531 g/mol. The molecular formula is C29H29N3O5S. The SMILES string of the molecule is CCCCN1C(=O)/C(=c2\sc3n(c2=O)[C@@H](c2ccc(OC)cc2)C(C(=O)OCC)=C(C)N=3)c2ccccc21. The minimum atomic E-state index is -0.756. The highest BCUT2D eigenvalue weighted by molar-refractivity contribution is 7.07. The summed E-state index contributed by atoms with van der Waals surface area (Å²) in [6.45, 7) is 6.33. The summed E-state index contributed by atoms with van der Waals surface area (Å²) >= 11 is 1.18. The summed E-state index contributed by atoms with van der Waals surface area (Å²) in [5, 5.41) is 0. The standard InChI is InChI=1S/C29H29N3O5S/c1-5-7-16-31-21-11-9-8-10-20(21)23(26(31)33)25-27(34)32-24(18-12-14-19(36-4)15-13-18)22(28(35)37-6-2)17(3)30-29(32)38-25/h8-15,24H,5-7,16H2,1-4H3/b25-23-/t24-/m0/s1. The number of thiazole rings is 1. The van der Waals surface area contributed by atoms with Gasteiger partial charge in [-0.15, -0.1) is 0 Å². The quantitative estimate of drug-likeness (QED) is 0.437. The molecule has 0 radical (unpaired) electrons. The van der Waals surface area contributed by atoms with Crippen molar-refractivity contribution in [1.82, 2.24) is 4.57 Å². The van der Waals surface area contributed by atoms with Crippen LogP contribution in [-0.2, 0) is 14.3 Å². The summed E-state index contributed by atoms with van der Waals surface area (Å²) in [6.07, 6.45) is 1.80. The molecule has 0 spiro atoms. The summed E-state index contributed by atoms with van der Waals surface area (Å²) in [5.74, 6) is -0.0603. The number of para-hydroxylation sites is 1. The fourth-order valence-electron chi connectivity index (χ4n) is 4.98. The number of unbranched alkanes of at least 4 members (excludes halogenated alkanes) is 1. The van der Waals surface area contributed by atoms with Gasteiger partial charge >= 0.3 is 5.97 Å². The molecule has 38 heavy (non-hydrogen) atoms. The fourth-order valence-corrected chi connectivity index (χ4v) is 6.12. The Balaban J connectivity index is 1.77. The molecule has 3 aromatic rings. The average Bonchev–Trinajstić information content (AvgIpc) is 3.38. The van der Waals surface area contributed by atoms with Crippen molar-refractivity contribution < 1.29 is 19.1 Å². The number of rotatable bonds is 7. The normalized spacial score (nSPS) is 17.7. The summed E-state index contributed by atoms with van der Waals surface area (Å²) in [4.78, 5) is 47.8. The predicted molar refractivity (Wildman–Crippen MR) is 146 cm³/mol. The number of aromatic nitrogens is 1. The zero-order valence-corrected chi connectivity index (χ0v) is 22.6. The maximum Gasteiger partial charge on any atom is 0.338 e. The molecule has 8 nitrogen and oxygen atoms in total. The molecule has 3 heterocycles. The number of carbonyl (C=O) groups is 2. The predicted octanol–water partition coefficient (Wildman–Crippen LogP) is 3.32. The van der Waals surface area contributed by atoms with Gasteiger partial charge in [0.25, 0.3) is 11.5 Å². The lowest BCUT2D eigenvalue weighted by Crippen LogP contribution is -2.41. The van der Waals surface area contributed by atoms with Crippen LogP contribution in [0.3, 0.4) is 0 Å². The Morgan fingerprint density at radius 1 is 1.08 bits per heavy atom. The number of allylic oxidation sites excluding steroid dienone is 1. The van der Waals surface area contributed by atoms with E-state index in [2.05, 4.69) is 11.9 Å². The van der Waals surface area contributed by atoms with Crippen molar-refractivity contribution in [3.8, 4) is 5.75 Å². The first-order valence-corrected chi connectivity index (χ1v) is 13.5. The Morgan fingerprint density at radius 3 is 2.50 bits per heavy atom. The van der Waals surface area contributed by atoms with Crippen LogP contribution in [-0.4, -0.2) is 36.7 Å². The van der Waals surface area contributed by atoms with Gasteiger partial charge in [0, 0.05) is 12.1 Å². The molecule has 2 aromatic carbocycles. The van der Waals surface area contributed by atoms with Crippen LogP contribution in [0.25, 0.3) is 5.57 Å². The minimum absolute atomic E-state index is 0.188. The number of benzene rings is 2. The van der Waals surface area contributed by atoms with E-state index in [0.29, 0.717) is 44.0 Å². The van der Waals surface area contributed by atoms with E-state index in [1.54, 1.807) is 38.0 Å². The number of anilines is 1. The molecular weight excluding hydrogens is 502 g/mol. The van der Waals surface area contributed by atoms with Crippen molar-refractivity contribution in [2.75, 3.05) is 25.2 Å². The number of carbonyl (C=O) groups excluding carboxylic acids is 2. The molecule has 0 N–H and O–H groups in total. The van der Waals surface area contributed by atoms with Crippen molar-refractivity contribution in [2.45, 2.75) is 39.7 Å². The van der Waals surface area contributed by atoms with Crippen LogP contribution in [0.5, 0.6) is 5.75 Å². The summed E-state index contributed by atoms with van der Waals surface area (Å²) < 4.78 is 12.5. The topological polar surface area (TPSA) is 90.2 Å². The van der Waals surface area contributed by atoms with E-state index in [4.69, 9.17) is 9.47 Å². The lowest BCUT2D eigenvalue weighted by molar-refractivity contribution is -0.139. The van der Waals surface area contributed by atoms with Crippen molar-refractivity contribution in [1.29, 1.82) is 0 Å². The maximum absolute atomic E-state index is 14.1. The van der Waals surface area contributed by atoms with Gasteiger partial charge in [-0.1, -0.05) is 55.0 Å². The first-order valence-electron chi connectivity index (χ1n) is 12.7. The average molecular weight is 532 g/mol. The van der Waals surface area contributed by atoms with Crippen LogP contribution in [0.15, 0.2) is 69.6 Å². The molecule has 0 saturated carbocycles. The smallest absolute Gasteiger partial charge is 0.338 e. The highest BCUT2D eigenvalue weighted by Gasteiger charge is 2.37. The van der Waals surface area contributed by atoms with Crippen molar-refractivity contribution in [3.05, 3.63) is 90.6 Å². The molecule has 1 amide bonds. The number of esters is 1. The van der Waals surface area contributed by atoms with E-state index in [1.165, 1.54) is 15.9 Å². The van der Waals surface area contributed by atoms with Crippen molar-refractivity contribution >= 4 is 34.5 Å². The van der Waals surface area contributed by atoms with Crippen LogP contribution in [0.1, 0.15) is 50.8 Å². The molecule has 5 rings (SSSR count). The van der Waals surface area contributed by atoms with Crippen LogP contribution in [0.2, 0.25) is 0 Å². The van der Waals surface area contributed by atoms with Crippen LogP contribution in [0, 0.1) is 0 Å². The summed E-state index contributed by atoms with van der Waals surface area (Å²) in [6, 6.07) is 14.0. The van der Waals surface area contributed by atoms with E-state index >= 15 is 0 Å². The first kappa shape index (κ1) is 25.7. The molecule has 0 bridgehead atoms. The molecule has 1 atom stereocenters. The summed E-state index contributed by atoms with van der Waals surface area (Å²) in [5.41, 5.74) is 3.05. The van der Waals surface area contributed by atoms with Gasteiger partial charge in [0.1, 0.15) is 10.3 Å². The number of hydrogen-bond donors (Lipinski definition) is 0. The van der Waals surface area contributed by atoms with Gasteiger partial charge in [-0.25, -0.2) is 9.79 Å². The molecule has 196 valence electrons. The van der Waals surface area contributed by atoms with Gasteiger partial charge in [-0.05, 0) is 44.0 Å². The van der Waals surface area contributed by atoms with Crippen LogP contribution < -0.4 is 24.5 Å². The highest BCUT2D eigenvalue weighted by Crippen LogP contribution is 2.36. The van der Waals surface area contributed by atoms with Crippen LogP contribution in [0.4, 0.5) is 5.69 Å². The van der Waals surface area contributed by atoms with Crippen LogP contribution >= 0.6 is 11.3 Å². The second-order valence-electron chi connectivity index (χ2n) is 9.10. The molecule has 0 fully saturated rings. The van der Waals surface area contributed by atoms with Gasteiger partial charge in [0.15, 0.2) is 4.80 Å². The van der Waals surface area contributed by atoms with Gasteiger partial charge in [0.05, 0.1) is 42.3 Å². The third-order valence-electron chi connectivity index (χ3n) is 6.81. The fraction of sp³-hybridized carbons (Fsp3) is 0.310. The molecule has 0 aliphatic carbocycles. The van der Waals surface area contributed by atoms with E-state index in [9.17, 15) is 14.4 Å². The third kappa shape index (κ3) is 4.16. The number of amides is 1. The second-order valence-corrected chi connectivity index (χ2v) is 10.1. The summed E-state index contributed by atoms with van der Waals surface area (Å²) in [7, 11) is 1.58. The number of ether oxygens (including phenoxy) is 2. The van der Waals surface area contributed by atoms with Crippen molar-refractivity contribution in [2.24, 2.45) is 4.99 Å². The lowest BCUT2D eigenvalue weighted by atomic mass is 9.96. The molecule has 0 unspecified atom stereocenters. The Bertz CT molecular complexity index is 1630. The lowest BCUT2D eigenvalue weighted by Gasteiger charge is -2.24. The zero-order chi connectivity index (χ0) is 27.0. The number of fused-ring (bicyclic) bond motifs is 2. The Hall–Kier alpha value is -3.98. The number of methoxy groups -OCH3 is 1. The Kier molecular flexibility index (Phi) is 7.03. The van der Waals surface area contributed by atoms with Gasteiger partial charge in [-0.3, -0.25) is 14.2 Å². The first-order chi connectivity index (χ1) is 18.4. The molecule has 2 aliphatic rings. The number of nitrogens with zero attached hydrogens (tertiary/aromatic N) is 3. The van der Waals surface area contributed by atoms with E-state index < -0.39 is 12.0 Å². The molecule has 2 aliphatic heterocycles. The second kappa shape index (κ2) is 10.4. The van der Waals surface area contributed by atoms with Gasteiger partial charge in [0.2, 0.25) is 0 Å². The van der Waals surface area contributed by atoms with E-state index in [0.717, 1.165) is 24.1 Å². The Morgan fingerprint density at radius 2 is 1.82 bits per heavy atom. The molecule has 0 saturated heterocycles.